The zero-order valence-electron chi connectivity index (χ0n) is 13.6. The van der Waals surface area contributed by atoms with E-state index in [2.05, 4.69) is 16.0 Å². The van der Waals surface area contributed by atoms with Crippen LogP contribution in [0.1, 0.15) is 11.4 Å². The second-order valence-corrected chi connectivity index (χ2v) is 5.52. The molecule has 6 nitrogen and oxygen atoms in total. The molecule has 0 fully saturated rings. The third-order valence-corrected chi connectivity index (χ3v) is 3.93. The SMILES string of the molecule is COc1cc(/C=C(\C#N)c2nc3ccccc3[nH]2)cc2c1OCCO2. The molecule has 1 aliphatic heterocycles. The van der Waals surface area contributed by atoms with E-state index < -0.39 is 0 Å². The molecule has 6 heteroatoms. The van der Waals surface area contributed by atoms with Gasteiger partial charge in [0.25, 0.3) is 0 Å². The van der Waals surface area contributed by atoms with Crippen LogP contribution in [0.5, 0.6) is 17.2 Å². The summed E-state index contributed by atoms with van der Waals surface area (Å²) in [5.74, 6) is 2.30. The number of nitrogens with one attached hydrogen (secondary N) is 1. The molecule has 0 saturated heterocycles. The van der Waals surface area contributed by atoms with Gasteiger partial charge >= 0.3 is 0 Å². The van der Waals surface area contributed by atoms with E-state index in [1.165, 1.54) is 0 Å². The fraction of sp³-hybridized carbons (Fsp3) is 0.158. The lowest BCUT2D eigenvalue weighted by Gasteiger charge is -2.21. The quantitative estimate of drug-likeness (QED) is 0.743. The summed E-state index contributed by atoms with van der Waals surface area (Å²) in [6.45, 7) is 0.971. The van der Waals surface area contributed by atoms with Crippen molar-refractivity contribution in [3.63, 3.8) is 0 Å². The topological polar surface area (TPSA) is 80.2 Å². The largest absolute Gasteiger partial charge is 0.493 e. The molecular weight excluding hydrogens is 318 g/mol. The average molecular weight is 333 g/mol. The van der Waals surface area contributed by atoms with Crippen LogP contribution in [0.2, 0.25) is 0 Å². The number of nitriles is 1. The molecule has 1 aliphatic rings. The molecule has 0 bridgehead atoms. The van der Waals surface area contributed by atoms with Crippen LogP contribution < -0.4 is 14.2 Å². The normalized spacial score (nSPS) is 13.5. The van der Waals surface area contributed by atoms with Crippen molar-refractivity contribution in [1.82, 2.24) is 9.97 Å². The molecule has 124 valence electrons. The van der Waals surface area contributed by atoms with E-state index in [9.17, 15) is 5.26 Å². The van der Waals surface area contributed by atoms with Crippen LogP contribution in [-0.2, 0) is 0 Å². The number of aromatic nitrogens is 2. The lowest BCUT2D eigenvalue weighted by Crippen LogP contribution is -2.16. The minimum Gasteiger partial charge on any atom is -0.493 e. The first-order chi connectivity index (χ1) is 12.3. The number of para-hydroxylation sites is 2. The molecule has 1 N–H and O–H groups in total. The van der Waals surface area contributed by atoms with Gasteiger partial charge in [0, 0.05) is 0 Å². The third-order valence-electron chi connectivity index (χ3n) is 3.93. The monoisotopic (exact) mass is 333 g/mol. The highest BCUT2D eigenvalue weighted by molar-refractivity contribution is 5.90. The highest BCUT2D eigenvalue weighted by atomic mass is 16.6. The van der Waals surface area contributed by atoms with Gasteiger partial charge in [-0.2, -0.15) is 5.26 Å². The minimum absolute atomic E-state index is 0.426. The van der Waals surface area contributed by atoms with Crippen LogP contribution >= 0.6 is 0 Å². The van der Waals surface area contributed by atoms with Crippen molar-refractivity contribution in [1.29, 1.82) is 5.26 Å². The summed E-state index contributed by atoms with van der Waals surface area (Å²) in [5, 5.41) is 9.57. The summed E-state index contributed by atoms with van der Waals surface area (Å²) in [5.41, 5.74) is 2.91. The van der Waals surface area contributed by atoms with Crippen molar-refractivity contribution in [2.24, 2.45) is 0 Å². The molecule has 0 radical (unpaired) electrons. The number of nitrogens with zero attached hydrogens (tertiary/aromatic N) is 2. The summed E-state index contributed by atoms with van der Waals surface area (Å²) in [6, 6.07) is 13.5. The van der Waals surface area contributed by atoms with E-state index in [1.807, 2.05) is 36.4 Å². The lowest BCUT2D eigenvalue weighted by molar-refractivity contribution is 0.165. The molecule has 0 atom stereocenters. The fourth-order valence-electron chi connectivity index (χ4n) is 2.78. The molecule has 2 heterocycles. The zero-order valence-corrected chi connectivity index (χ0v) is 13.6. The van der Waals surface area contributed by atoms with E-state index in [-0.39, 0.29) is 0 Å². The van der Waals surface area contributed by atoms with Gasteiger partial charge in [0.2, 0.25) is 5.75 Å². The Kier molecular flexibility index (Phi) is 3.75. The van der Waals surface area contributed by atoms with Crippen molar-refractivity contribution in [2.45, 2.75) is 0 Å². The predicted molar refractivity (Wildman–Crippen MR) is 93.6 cm³/mol. The van der Waals surface area contributed by atoms with E-state index >= 15 is 0 Å². The van der Waals surface area contributed by atoms with Crippen molar-refractivity contribution in [3.8, 4) is 23.3 Å². The maximum Gasteiger partial charge on any atom is 0.203 e. The van der Waals surface area contributed by atoms with E-state index in [4.69, 9.17) is 14.2 Å². The van der Waals surface area contributed by atoms with Gasteiger partial charge in [-0.25, -0.2) is 4.98 Å². The number of fused-ring (bicyclic) bond motifs is 2. The molecule has 0 aliphatic carbocycles. The number of methoxy groups -OCH3 is 1. The van der Waals surface area contributed by atoms with E-state index in [0.29, 0.717) is 41.9 Å². The Bertz CT molecular complexity index is 964. The highest BCUT2D eigenvalue weighted by Crippen LogP contribution is 2.41. The molecule has 0 unspecified atom stereocenters. The second-order valence-electron chi connectivity index (χ2n) is 5.52. The highest BCUT2D eigenvalue weighted by Gasteiger charge is 2.18. The number of ether oxygens (including phenoxy) is 3. The van der Waals surface area contributed by atoms with Crippen LogP contribution in [0.3, 0.4) is 0 Å². The fourth-order valence-corrected chi connectivity index (χ4v) is 2.78. The lowest BCUT2D eigenvalue weighted by atomic mass is 10.1. The molecule has 4 rings (SSSR count). The first-order valence-corrected chi connectivity index (χ1v) is 7.83. The minimum atomic E-state index is 0.426. The zero-order chi connectivity index (χ0) is 17.2. The molecule has 2 aromatic carbocycles. The van der Waals surface area contributed by atoms with E-state index in [0.717, 1.165) is 16.6 Å². The standard InChI is InChI=1S/C19H15N3O3/c1-23-16-9-12(10-17-18(16)25-7-6-24-17)8-13(11-20)19-21-14-4-2-3-5-15(14)22-19/h2-5,8-10H,6-7H2,1H3,(H,21,22)/b13-8+. The second kappa shape index (κ2) is 6.21. The van der Waals surface area contributed by atoms with Gasteiger partial charge < -0.3 is 19.2 Å². The van der Waals surface area contributed by atoms with Crippen LogP contribution in [0.25, 0.3) is 22.7 Å². The number of benzene rings is 2. The Hall–Kier alpha value is -3.46. The van der Waals surface area contributed by atoms with Crippen molar-refractivity contribution < 1.29 is 14.2 Å². The Balaban J connectivity index is 1.79. The Labute approximate surface area is 144 Å². The third kappa shape index (κ3) is 2.76. The average Bonchev–Trinajstić information content (AvgIpc) is 3.09. The van der Waals surface area contributed by atoms with Crippen molar-refractivity contribution in [3.05, 3.63) is 47.8 Å². The van der Waals surface area contributed by atoms with Gasteiger partial charge in [-0.15, -0.1) is 0 Å². The first kappa shape index (κ1) is 15.1. The summed E-state index contributed by atoms with van der Waals surface area (Å²) < 4.78 is 16.6. The number of rotatable bonds is 3. The smallest absolute Gasteiger partial charge is 0.203 e. The van der Waals surface area contributed by atoms with Crippen LogP contribution in [0.15, 0.2) is 36.4 Å². The Morgan fingerprint density at radius 1 is 1.28 bits per heavy atom. The van der Waals surface area contributed by atoms with Crippen LogP contribution in [-0.4, -0.2) is 30.3 Å². The van der Waals surface area contributed by atoms with Gasteiger partial charge in [-0.05, 0) is 35.9 Å². The number of hydrogen-bond donors (Lipinski definition) is 1. The number of aromatic amines is 1. The molecule has 0 amide bonds. The Morgan fingerprint density at radius 2 is 2.12 bits per heavy atom. The maximum absolute atomic E-state index is 9.57. The molecule has 0 spiro atoms. The van der Waals surface area contributed by atoms with Crippen molar-refractivity contribution in [2.75, 3.05) is 20.3 Å². The number of H-pyrrole nitrogens is 1. The summed E-state index contributed by atoms with van der Waals surface area (Å²) in [7, 11) is 1.57. The van der Waals surface area contributed by atoms with Crippen molar-refractivity contribution >= 4 is 22.7 Å². The summed E-state index contributed by atoms with van der Waals surface area (Å²) in [6.07, 6.45) is 1.75. The van der Waals surface area contributed by atoms with Crippen LogP contribution in [0.4, 0.5) is 0 Å². The number of allylic oxidation sites excluding steroid dienone is 1. The molecule has 0 saturated carbocycles. The van der Waals surface area contributed by atoms with Gasteiger partial charge in [0.15, 0.2) is 11.5 Å². The molecule has 3 aromatic rings. The maximum atomic E-state index is 9.57. The van der Waals surface area contributed by atoms with Gasteiger partial charge in [0.1, 0.15) is 25.1 Å². The van der Waals surface area contributed by atoms with Gasteiger partial charge in [-0.3, -0.25) is 0 Å². The van der Waals surface area contributed by atoms with Gasteiger partial charge in [0.05, 0.1) is 23.7 Å². The van der Waals surface area contributed by atoms with E-state index in [1.54, 1.807) is 13.2 Å². The van der Waals surface area contributed by atoms with Crippen LogP contribution in [0, 0.1) is 11.3 Å². The molecule has 1 aromatic heterocycles. The summed E-state index contributed by atoms with van der Waals surface area (Å²) >= 11 is 0. The number of imidazole rings is 1. The first-order valence-electron chi connectivity index (χ1n) is 7.83. The molecule has 25 heavy (non-hydrogen) atoms. The Morgan fingerprint density at radius 3 is 2.92 bits per heavy atom. The summed E-state index contributed by atoms with van der Waals surface area (Å²) in [4.78, 5) is 7.65. The molecular formula is C19H15N3O3. The van der Waals surface area contributed by atoms with Gasteiger partial charge in [-0.1, -0.05) is 12.1 Å². The number of hydrogen-bond acceptors (Lipinski definition) is 5. The predicted octanol–water partition coefficient (Wildman–Crippen LogP) is 3.41.